The van der Waals surface area contributed by atoms with E-state index in [9.17, 15) is 4.79 Å². The van der Waals surface area contributed by atoms with Gasteiger partial charge in [0.1, 0.15) is 5.75 Å². The molecule has 0 fully saturated rings. The maximum absolute atomic E-state index is 12.0. The van der Waals surface area contributed by atoms with Crippen molar-refractivity contribution in [2.75, 3.05) is 18.5 Å². The predicted molar refractivity (Wildman–Crippen MR) is 78.3 cm³/mol. The molecule has 1 aromatic rings. The Bertz CT molecular complexity index is 393. The summed E-state index contributed by atoms with van der Waals surface area (Å²) < 4.78 is 5.53. The molecule has 0 aliphatic rings. The first kappa shape index (κ1) is 15.5. The second-order valence-corrected chi connectivity index (χ2v) is 4.70. The normalized spacial score (nSPS) is 11.9. The molecule has 1 atom stereocenters. The van der Waals surface area contributed by atoms with Crippen LogP contribution < -0.4 is 15.8 Å². The highest BCUT2D eigenvalue weighted by molar-refractivity contribution is 5.92. The average molecular weight is 264 g/mol. The van der Waals surface area contributed by atoms with Gasteiger partial charge in [-0.05, 0) is 37.9 Å². The van der Waals surface area contributed by atoms with Gasteiger partial charge in [0.25, 0.3) is 0 Å². The van der Waals surface area contributed by atoms with E-state index in [4.69, 9.17) is 10.5 Å². The van der Waals surface area contributed by atoms with Gasteiger partial charge in [0.15, 0.2) is 0 Å². The first-order valence-electron chi connectivity index (χ1n) is 6.91. The highest BCUT2D eigenvalue weighted by Gasteiger charge is 2.12. The Morgan fingerprint density at radius 1 is 1.47 bits per heavy atom. The number of nitrogens with one attached hydrogen (secondary N) is 1. The summed E-state index contributed by atoms with van der Waals surface area (Å²) in [5.74, 6) is 0.791. The van der Waals surface area contributed by atoms with Crippen molar-refractivity contribution in [3.8, 4) is 5.75 Å². The molecular formula is C15H24N2O2. The second-order valence-electron chi connectivity index (χ2n) is 4.70. The van der Waals surface area contributed by atoms with Gasteiger partial charge < -0.3 is 15.8 Å². The molecule has 3 N–H and O–H groups in total. The number of ether oxygens (including phenoxy) is 1. The van der Waals surface area contributed by atoms with Crippen LogP contribution >= 0.6 is 0 Å². The van der Waals surface area contributed by atoms with Crippen molar-refractivity contribution >= 4 is 11.6 Å². The highest BCUT2D eigenvalue weighted by Crippen LogP contribution is 2.18. The van der Waals surface area contributed by atoms with Gasteiger partial charge in [0.05, 0.1) is 6.61 Å². The predicted octanol–water partition coefficient (Wildman–Crippen LogP) is 2.79. The summed E-state index contributed by atoms with van der Waals surface area (Å²) in [6, 6.07) is 7.49. The van der Waals surface area contributed by atoms with Gasteiger partial charge in [-0.15, -0.1) is 0 Å². The smallest absolute Gasteiger partial charge is 0.227 e. The Kier molecular flexibility index (Phi) is 6.97. The van der Waals surface area contributed by atoms with Crippen molar-refractivity contribution in [1.29, 1.82) is 0 Å². The summed E-state index contributed by atoms with van der Waals surface area (Å²) in [7, 11) is 0. The Morgan fingerprint density at radius 2 is 2.26 bits per heavy atom. The van der Waals surface area contributed by atoms with Crippen LogP contribution in [0.25, 0.3) is 0 Å². The van der Waals surface area contributed by atoms with Crippen LogP contribution in [0.3, 0.4) is 0 Å². The third kappa shape index (κ3) is 5.75. The summed E-state index contributed by atoms with van der Waals surface area (Å²) in [5, 5.41) is 2.91. The van der Waals surface area contributed by atoms with E-state index in [-0.39, 0.29) is 11.8 Å². The third-order valence-electron chi connectivity index (χ3n) is 2.86. The van der Waals surface area contributed by atoms with E-state index in [2.05, 4.69) is 12.2 Å². The van der Waals surface area contributed by atoms with Crippen molar-refractivity contribution in [3.05, 3.63) is 24.3 Å². The number of carbonyl (C=O) groups is 1. The molecule has 19 heavy (non-hydrogen) atoms. The molecule has 1 aromatic carbocycles. The molecular weight excluding hydrogens is 240 g/mol. The lowest BCUT2D eigenvalue weighted by Crippen LogP contribution is -2.21. The molecule has 4 heteroatoms. The first-order valence-corrected chi connectivity index (χ1v) is 6.91. The molecule has 1 rings (SSSR count). The van der Waals surface area contributed by atoms with Crippen LogP contribution in [0.2, 0.25) is 0 Å². The zero-order valence-corrected chi connectivity index (χ0v) is 11.8. The molecule has 0 spiro atoms. The van der Waals surface area contributed by atoms with Crippen LogP contribution in [-0.2, 0) is 4.79 Å². The van der Waals surface area contributed by atoms with Gasteiger partial charge in [0.2, 0.25) is 5.91 Å². The summed E-state index contributed by atoms with van der Waals surface area (Å²) in [5.41, 5.74) is 6.22. The zero-order valence-electron chi connectivity index (χ0n) is 11.8. The van der Waals surface area contributed by atoms with Crippen LogP contribution in [0.5, 0.6) is 5.75 Å². The van der Waals surface area contributed by atoms with Gasteiger partial charge in [-0.1, -0.05) is 19.9 Å². The lowest BCUT2D eigenvalue weighted by Gasteiger charge is -2.12. The Hall–Kier alpha value is -1.55. The van der Waals surface area contributed by atoms with Gasteiger partial charge in [0, 0.05) is 17.7 Å². The van der Waals surface area contributed by atoms with Crippen molar-refractivity contribution < 1.29 is 9.53 Å². The van der Waals surface area contributed by atoms with Crippen LogP contribution in [0.4, 0.5) is 5.69 Å². The summed E-state index contributed by atoms with van der Waals surface area (Å²) >= 11 is 0. The van der Waals surface area contributed by atoms with Crippen molar-refractivity contribution in [3.63, 3.8) is 0 Å². The van der Waals surface area contributed by atoms with E-state index in [1.807, 2.05) is 31.2 Å². The Labute approximate surface area is 115 Å². The van der Waals surface area contributed by atoms with E-state index < -0.39 is 0 Å². The molecule has 0 saturated carbocycles. The van der Waals surface area contributed by atoms with Crippen LogP contribution in [0.1, 0.15) is 33.1 Å². The SMILES string of the molecule is CCCOc1cccc(NC(=O)C(C)CCCN)c1. The van der Waals surface area contributed by atoms with Gasteiger partial charge in [-0.2, -0.15) is 0 Å². The van der Waals surface area contributed by atoms with Crippen molar-refractivity contribution in [2.45, 2.75) is 33.1 Å². The number of hydrogen-bond donors (Lipinski definition) is 2. The number of anilines is 1. The molecule has 4 nitrogen and oxygen atoms in total. The molecule has 0 radical (unpaired) electrons. The molecule has 0 bridgehead atoms. The number of rotatable bonds is 8. The average Bonchev–Trinajstić information content (AvgIpc) is 2.42. The maximum Gasteiger partial charge on any atom is 0.227 e. The van der Waals surface area contributed by atoms with E-state index in [1.165, 1.54) is 0 Å². The largest absolute Gasteiger partial charge is 0.494 e. The van der Waals surface area contributed by atoms with E-state index in [0.29, 0.717) is 13.2 Å². The molecule has 0 aromatic heterocycles. The topological polar surface area (TPSA) is 64.3 Å². The molecule has 0 heterocycles. The number of hydrogen-bond acceptors (Lipinski definition) is 3. The highest BCUT2D eigenvalue weighted by atomic mass is 16.5. The van der Waals surface area contributed by atoms with Crippen molar-refractivity contribution in [1.82, 2.24) is 0 Å². The fourth-order valence-corrected chi connectivity index (χ4v) is 1.70. The molecule has 1 unspecified atom stereocenters. The molecule has 0 aliphatic carbocycles. The lowest BCUT2D eigenvalue weighted by molar-refractivity contribution is -0.119. The Morgan fingerprint density at radius 3 is 2.95 bits per heavy atom. The second kappa shape index (κ2) is 8.53. The van der Waals surface area contributed by atoms with E-state index in [1.54, 1.807) is 0 Å². The van der Waals surface area contributed by atoms with Gasteiger partial charge in [-0.3, -0.25) is 4.79 Å². The van der Waals surface area contributed by atoms with Crippen LogP contribution in [0.15, 0.2) is 24.3 Å². The fraction of sp³-hybridized carbons (Fsp3) is 0.533. The first-order chi connectivity index (χ1) is 9.17. The minimum absolute atomic E-state index is 0.0243. The fourth-order valence-electron chi connectivity index (χ4n) is 1.70. The Balaban J connectivity index is 2.53. The minimum Gasteiger partial charge on any atom is -0.494 e. The monoisotopic (exact) mass is 264 g/mol. The van der Waals surface area contributed by atoms with Crippen LogP contribution in [0, 0.1) is 5.92 Å². The number of amides is 1. The summed E-state index contributed by atoms with van der Waals surface area (Å²) in [6.07, 6.45) is 2.65. The quantitative estimate of drug-likeness (QED) is 0.759. The summed E-state index contributed by atoms with van der Waals surface area (Å²) in [4.78, 5) is 12.0. The van der Waals surface area contributed by atoms with E-state index >= 15 is 0 Å². The molecule has 0 aliphatic heterocycles. The maximum atomic E-state index is 12.0. The molecule has 0 saturated heterocycles. The molecule has 106 valence electrons. The lowest BCUT2D eigenvalue weighted by atomic mass is 10.0. The minimum atomic E-state index is -0.0243. The van der Waals surface area contributed by atoms with Gasteiger partial charge in [-0.25, -0.2) is 0 Å². The number of carbonyl (C=O) groups excluding carboxylic acids is 1. The zero-order chi connectivity index (χ0) is 14.1. The third-order valence-corrected chi connectivity index (χ3v) is 2.86. The number of nitrogens with two attached hydrogens (primary N) is 1. The van der Waals surface area contributed by atoms with Crippen molar-refractivity contribution in [2.24, 2.45) is 11.7 Å². The summed E-state index contributed by atoms with van der Waals surface area (Å²) in [6.45, 7) is 5.29. The standard InChI is InChI=1S/C15H24N2O2/c1-3-10-19-14-8-4-7-13(11-14)17-15(18)12(2)6-5-9-16/h4,7-8,11-12H,3,5-6,9-10,16H2,1-2H3,(H,17,18). The number of benzene rings is 1. The van der Waals surface area contributed by atoms with E-state index in [0.717, 1.165) is 30.7 Å². The van der Waals surface area contributed by atoms with Crippen LogP contribution in [-0.4, -0.2) is 19.1 Å². The van der Waals surface area contributed by atoms with Gasteiger partial charge >= 0.3 is 0 Å². The molecule has 1 amide bonds.